The predicted octanol–water partition coefficient (Wildman–Crippen LogP) is 3.82. The van der Waals surface area contributed by atoms with Crippen molar-refractivity contribution in [1.29, 1.82) is 0 Å². The predicted molar refractivity (Wildman–Crippen MR) is 116 cm³/mol. The molecule has 4 rings (SSSR count). The van der Waals surface area contributed by atoms with Crippen LogP contribution in [0.2, 0.25) is 0 Å². The summed E-state index contributed by atoms with van der Waals surface area (Å²) in [5.41, 5.74) is 7.21. The molecular weight excluding hydrogens is 384 g/mol. The van der Waals surface area contributed by atoms with Gasteiger partial charge in [-0.1, -0.05) is 18.2 Å². The van der Waals surface area contributed by atoms with E-state index in [0.717, 1.165) is 33.8 Å². The van der Waals surface area contributed by atoms with Crippen LogP contribution in [0.25, 0.3) is 11.4 Å². The first-order chi connectivity index (χ1) is 13.8. The Hall–Kier alpha value is -2.77. The lowest BCUT2D eigenvalue weighted by molar-refractivity contribution is 0.395. The van der Waals surface area contributed by atoms with Gasteiger partial charge >= 0.3 is 0 Å². The normalized spacial score (nSPS) is 14.4. The van der Waals surface area contributed by atoms with Crippen molar-refractivity contribution >= 4 is 21.4 Å². The molecule has 6 nitrogen and oxygen atoms in total. The lowest BCUT2D eigenvalue weighted by Gasteiger charge is -2.28. The molecule has 0 atom stereocenters. The maximum absolute atomic E-state index is 11.9. The summed E-state index contributed by atoms with van der Waals surface area (Å²) in [6, 6.07) is 14.1. The van der Waals surface area contributed by atoms with Crippen LogP contribution in [0.4, 0.5) is 11.4 Å². The molecule has 0 unspecified atom stereocenters. The lowest BCUT2D eigenvalue weighted by atomic mass is 9.98. The molecular formula is C22H24N4O2S. The fourth-order valence-electron chi connectivity index (χ4n) is 3.66. The molecule has 0 radical (unpaired) electrons. The summed E-state index contributed by atoms with van der Waals surface area (Å²) in [6.45, 7) is 4.92. The van der Waals surface area contributed by atoms with Gasteiger partial charge in [0.25, 0.3) is 0 Å². The second kappa shape index (κ2) is 7.57. The van der Waals surface area contributed by atoms with Crippen LogP contribution in [0.3, 0.4) is 0 Å². The molecule has 0 amide bonds. The molecule has 0 saturated carbocycles. The summed E-state index contributed by atoms with van der Waals surface area (Å²) in [6.07, 6.45) is 3.73. The Morgan fingerprint density at radius 2 is 1.93 bits per heavy atom. The third kappa shape index (κ3) is 4.16. The van der Waals surface area contributed by atoms with Crippen molar-refractivity contribution in [2.24, 2.45) is 0 Å². The van der Waals surface area contributed by atoms with Gasteiger partial charge in [0.2, 0.25) is 10.0 Å². The standard InChI is InChI=1S/C22H24N4O2S/c1-15-7-8-18(13-20(15)22-23-11-9-16(2)24-22)25-21-6-4-5-17-14-26(29(3,27)28)12-10-19(17)21/h4-9,11,13,25H,10,12,14H2,1-3H3. The Balaban J connectivity index is 1.65. The highest BCUT2D eigenvalue weighted by Crippen LogP contribution is 2.31. The van der Waals surface area contributed by atoms with Gasteiger partial charge in [0.15, 0.2) is 5.82 Å². The zero-order chi connectivity index (χ0) is 20.6. The monoisotopic (exact) mass is 408 g/mol. The molecule has 1 N–H and O–H groups in total. The zero-order valence-electron chi connectivity index (χ0n) is 16.8. The second-order valence-electron chi connectivity index (χ2n) is 7.47. The van der Waals surface area contributed by atoms with Crippen LogP contribution in [0.5, 0.6) is 0 Å². The van der Waals surface area contributed by atoms with E-state index in [4.69, 9.17) is 0 Å². The van der Waals surface area contributed by atoms with E-state index in [9.17, 15) is 8.42 Å². The average Bonchev–Trinajstić information content (AvgIpc) is 2.68. The highest BCUT2D eigenvalue weighted by molar-refractivity contribution is 7.88. The van der Waals surface area contributed by atoms with E-state index in [0.29, 0.717) is 25.3 Å². The van der Waals surface area contributed by atoms with Crippen LogP contribution in [-0.2, 0) is 23.0 Å². The number of hydrogen-bond acceptors (Lipinski definition) is 5. The summed E-state index contributed by atoms with van der Waals surface area (Å²) >= 11 is 0. The van der Waals surface area contributed by atoms with Crippen molar-refractivity contribution in [2.45, 2.75) is 26.8 Å². The van der Waals surface area contributed by atoms with Crippen molar-refractivity contribution in [3.8, 4) is 11.4 Å². The minimum Gasteiger partial charge on any atom is -0.355 e. The van der Waals surface area contributed by atoms with Crippen LogP contribution < -0.4 is 5.32 Å². The van der Waals surface area contributed by atoms with Gasteiger partial charge in [-0.15, -0.1) is 0 Å². The highest BCUT2D eigenvalue weighted by atomic mass is 32.2. The number of nitrogens with one attached hydrogen (secondary N) is 1. The van der Waals surface area contributed by atoms with Crippen LogP contribution in [0.15, 0.2) is 48.7 Å². The zero-order valence-corrected chi connectivity index (χ0v) is 17.6. The van der Waals surface area contributed by atoms with Gasteiger partial charge in [0.1, 0.15) is 0 Å². The third-order valence-corrected chi connectivity index (χ3v) is 6.50. The highest BCUT2D eigenvalue weighted by Gasteiger charge is 2.24. The summed E-state index contributed by atoms with van der Waals surface area (Å²) in [4.78, 5) is 8.97. The third-order valence-electron chi connectivity index (χ3n) is 5.25. The van der Waals surface area contributed by atoms with E-state index in [1.165, 1.54) is 16.1 Å². The Bertz CT molecular complexity index is 1180. The molecule has 29 heavy (non-hydrogen) atoms. The van der Waals surface area contributed by atoms with Crippen molar-refractivity contribution in [3.05, 3.63) is 71.0 Å². The summed E-state index contributed by atoms with van der Waals surface area (Å²) in [5, 5.41) is 3.51. The second-order valence-corrected chi connectivity index (χ2v) is 9.45. The molecule has 0 saturated heterocycles. The smallest absolute Gasteiger partial charge is 0.211 e. The maximum atomic E-state index is 11.9. The van der Waals surface area contributed by atoms with Crippen LogP contribution in [-0.4, -0.2) is 35.5 Å². The topological polar surface area (TPSA) is 75.2 Å². The van der Waals surface area contributed by atoms with E-state index in [1.807, 2.05) is 37.3 Å². The minimum absolute atomic E-state index is 0.417. The molecule has 3 aromatic rings. The summed E-state index contributed by atoms with van der Waals surface area (Å²) in [5.74, 6) is 0.713. The molecule has 1 aliphatic heterocycles. The van der Waals surface area contributed by atoms with Gasteiger partial charge in [-0.3, -0.25) is 0 Å². The molecule has 0 fully saturated rings. The van der Waals surface area contributed by atoms with E-state index in [2.05, 4.69) is 34.3 Å². The van der Waals surface area contributed by atoms with Gasteiger partial charge in [-0.05, 0) is 61.2 Å². The number of hydrogen-bond donors (Lipinski definition) is 1. The van der Waals surface area contributed by atoms with Crippen LogP contribution >= 0.6 is 0 Å². The van der Waals surface area contributed by atoms with E-state index < -0.39 is 10.0 Å². The number of fused-ring (bicyclic) bond motifs is 1. The fraction of sp³-hybridized carbons (Fsp3) is 0.273. The van der Waals surface area contributed by atoms with E-state index in [1.54, 1.807) is 6.20 Å². The van der Waals surface area contributed by atoms with Crippen LogP contribution in [0.1, 0.15) is 22.4 Å². The van der Waals surface area contributed by atoms with Gasteiger partial charge < -0.3 is 5.32 Å². The number of aromatic nitrogens is 2. The first-order valence-electron chi connectivity index (χ1n) is 9.55. The first-order valence-corrected chi connectivity index (χ1v) is 11.4. The summed E-state index contributed by atoms with van der Waals surface area (Å²) < 4.78 is 25.3. The van der Waals surface area contributed by atoms with Crippen molar-refractivity contribution < 1.29 is 8.42 Å². The van der Waals surface area contributed by atoms with Crippen molar-refractivity contribution in [1.82, 2.24) is 14.3 Å². The average molecular weight is 409 g/mol. The van der Waals surface area contributed by atoms with Gasteiger partial charge in [0, 0.05) is 41.9 Å². The molecule has 2 aromatic carbocycles. The molecule has 0 aliphatic carbocycles. The summed E-state index contributed by atoms with van der Waals surface area (Å²) in [7, 11) is -3.19. The number of rotatable bonds is 4. The minimum atomic E-state index is -3.19. The SMILES string of the molecule is Cc1ccnc(-c2cc(Nc3cccc4c3CCN(S(C)(=O)=O)C4)ccc2C)n1. The molecule has 2 heterocycles. The van der Waals surface area contributed by atoms with Crippen molar-refractivity contribution in [3.63, 3.8) is 0 Å². The number of nitrogens with zero attached hydrogens (tertiary/aromatic N) is 3. The van der Waals surface area contributed by atoms with Gasteiger partial charge in [-0.25, -0.2) is 18.4 Å². The number of aryl methyl sites for hydroxylation is 2. The Morgan fingerprint density at radius 3 is 2.69 bits per heavy atom. The number of anilines is 2. The molecule has 150 valence electrons. The largest absolute Gasteiger partial charge is 0.355 e. The molecule has 7 heteroatoms. The van der Waals surface area contributed by atoms with Gasteiger partial charge in [-0.2, -0.15) is 4.31 Å². The number of benzene rings is 2. The molecule has 1 aromatic heterocycles. The quantitative estimate of drug-likeness (QED) is 0.710. The molecule has 1 aliphatic rings. The van der Waals surface area contributed by atoms with E-state index in [-0.39, 0.29) is 0 Å². The Labute approximate surface area is 171 Å². The Kier molecular flexibility index (Phi) is 5.10. The van der Waals surface area contributed by atoms with Crippen LogP contribution in [0, 0.1) is 13.8 Å². The fourth-order valence-corrected chi connectivity index (χ4v) is 4.46. The van der Waals surface area contributed by atoms with E-state index >= 15 is 0 Å². The lowest BCUT2D eigenvalue weighted by Crippen LogP contribution is -2.35. The number of sulfonamides is 1. The van der Waals surface area contributed by atoms with Crippen molar-refractivity contribution in [2.75, 3.05) is 18.1 Å². The maximum Gasteiger partial charge on any atom is 0.211 e. The van der Waals surface area contributed by atoms with Gasteiger partial charge in [0.05, 0.1) is 6.26 Å². The Morgan fingerprint density at radius 1 is 1.10 bits per heavy atom. The molecule has 0 spiro atoms. The first kappa shape index (κ1) is 19.5. The molecule has 0 bridgehead atoms.